The summed E-state index contributed by atoms with van der Waals surface area (Å²) in [4.78, 5) is -0.301. The van der Waals surface area contributed by atoms with Gasteiger partial charge in [-0.15, -0.1) is 0 Å². The van der Waals surface area contributed by atoms with Gasteiger partial charge in [0, 0.05) is 0 Å². The van der Waals surface area contributed by atoms with E-state index in [1.54, 1.807) is 0 Å². The molecule has 2 rings (SSSR count). The summed E-state index contributed by atoms with van der Waals surface area (Å²) in [6, 6.07) is 8.55. The lowest BCUT2D eigenvalue weighted by molar-refractivity contribution is 0.483. The van der Waals surface area contributed by atoms with Crippen molar-refractivity contribution >= 4 is 10.1 Å². The second-order valence-electron chi connectivity index (χ2n) is 3.63. The van der Waals surface area contributed by atoms with Crippen molar-refractivity contribution in [3.63, 3.8) is 0 Å². The van der Waals surface area contributed by atoms with Crippen molar-refractivity contribution in [3.8, 4) is 11.1 Å². The molecule has 0 saturated heterocycles. The highest BCUT2D eigenvalue weighted by atomic mass is 32.2. The molecule has 0 saturated carbocycles. The smallest absolute Gasteiger partial charge is 0.282 e. The quantitative estimate of drug-likeness (QED) is 0.854. The van der Waals surface area contributed by atoms with Crippen LogP contribution in [0.3, 0.4) is 0 Å². The van der Waals surface area contributed by atoms with Crippen LogP contribution in [0.15, 0.2) is 47.4 Å². The van der Waals surface area contributed by atoms with Gasteiger partial charge in [0.25, 0.3) is 10.1 Å². The van der Waals surface area contributed by atoms with E-state index in [0.717, 1.165) is 12.1 Å². The largest absolute Gasteiger partial charge is 0.294 e. The summed E-state index contributed by atoms with van der Waals surface area (Å²) in [5.74, 6) is -2.01. The second kappa shape index (κ2) is 4.47. The minimum Gasteiger partial charge on any atom is -0.282 e. The third-order valence-electron chi connectivity index (χ3n) is 2.38. The van der Waals surface area contributed by atoms with Crippen LogP contribution in [-0.2, 0) is 10.1 Å². The molecule has 0 heterocycles. The normalized spacial score (nSPS) is 11.5. The highest BCUT2D eigenvalue weighted by molar-refractivity contribution is 7.85. The molecular weight excluding hydrogens is 262 g/mol. The fourth-order valence-corrected chi connectivity index (χ4v) is 2.04. The molecule has 0 spiro atoms. The zero-order chi connectivity index (χ0) is 13.3. The molecule has 2 aromatic rings. The van der Waals surface area contributed by atoms with E-state index in [4.69, 9.17) is 4.55 Å². The van der Waals surface area contributed by atoms with E-state index < -0.39 is 21.8 Å². The highest BCUT2D eigenvalue weighted by Crippen LogP contribution is 2.23. The maximum absolute atomic E-state index is 13.1. The minimum atomic E-state index is -4.32. The molecule has 0 aromatic heterocycles. The van der Waals surface area contributed by atoms with Crippen LogP contribution >= 0.6 is 0 Å². The summed E-state index contributed by atoms with van der Waals surface area (Å²) >= 11 is 0. The summed E-state index contributed by atoms with van der Waals surface area (Å²) in [5.41, 5.74) is 0.684. The Labute approximate surface area is 102 Å². The lowest BCUT2D eigenvalue weighted by Crippen LogP contribution is -1.97. The van der Waals surface area contributed by atoms with E-state index in [-0.39, 0.29) is 4.90 Å². The predicted molar refractivity (Wildman–Crippen MR) is 61.6 cm³/mol. The van der Waals surface area contributed by atoms with Crippen LogP contribution in [0.1, 0.15) is 0 Å². The fourth-order valence-electron chi connectivity index (χ4n) is 1.51. The van der Waals surface area contributed by atoms with Gasteiger partial charge in [-0.25, -0.2) is 8.78 Å². The van der Waals surface area contributed by atoms with E-state index >= 15 is 0 Å². The molecular formula is C12H8F2O3S. The number of hydrogen-bond acceptors (Lipinski definition) is 2. The molecule has 0 amide bonds. The summed E-state index contributed by atoms with van der Waals surface area (Å²) in [6.07, 6.45) is 0. The number of halogens is 2. The van der Waals surface area contributed by atoms with Crippen LogP contribution < -0.4 is 0 Å². The van der Waals surface area contributed by atoms with Gasteiger partial charge in [0.2, 0.25) is 0 Å². The zero-order valence-electron chi connectivity index (χ0n) is 8.97. The van der Waals surface area contributed by atoms with Gasteiger partial charge in [-0.1, -0.05) is 18.2 Å². The SMILES string of the molecule is O=S(=O)(O)c1cccc(-c2ccc(F)c(F)c2)c1. The van der Waals surface area contributed by atoms with Crippen LogP contribution in [-0.4, -0.2) is 13.0 Å². The van der Waals surface area contributed by atoms with E-state index in [1.165, 1.54) is 30.3 Å². The molecule has 94 valence electrons. The first kappa shape index (κ1) is 12.7. The Balaban J connectivity index is 2.55. The molecule has 0 fully saturated rings. The molecule has 1 N–H and O–H groups in total. The fraction of sp³-hybridized carbons (Fsp3) is 0. The monoisotopic (exact) mass is 270 g/mol. The number of hydrogen-bond donors (Lipinski definition) is 1. The average molecular weight is 270 g/mol. The van der Waals surface area contributed by atoms with Crippen molar-refractivity contribution in [3.05, 3.63) is 54.1 Å². The zero-order valence-corrected chi connectivity index (χ0v) is 9.79. The Bertz CT molecular complexity index is 696. The van der Waals surface area contributed by atoms with Crippen molar-refractivity contribution < 1.29 is 21.8 Å². The van der Waals surface area contributed by atoms with Crippen LogP contribution in [0.2, 0.25) is 0 Å². The van der Waals surface area contributed by atoms with Crippen molar-refractivity contribution in [2.45, 2.75) is 4.90 Å². The Morgan fingerprint density at radius 3 is 2.17 bits per heavy atom. The van der Waals surface area contributed by atoms with Crippen LogP contribution in [0.5, 0.6) is 0 Å². The van der Waals surface area contributed by atoms with E-state index in [2.05, 4.69) is 0 Å². The van der Waals surface area contributed by atoms with Crippen molar-refractivity contribution in [2.24, 2.45) is 0 Å². The third kappa shape index (κ3) is 2.55. The molecule has 0 radical (unpaired) electrons. The summed E-state index contributed by atoms with van der Waals surface area (Å²) in [5, 5.41) is 0. The molecule has 0 aliphatic rings. The van der Waals surface area contributed by atoms with Crippen LogP contribution in [0.4, 0.5) is 8.78 Å². The maximum Gasteiger partial charge on any atom is 0.294 e. The predicted octanol–water partition coefficient (Wildman–Crippen LogP) is 2.88. The topological polar surface area (TPSA) is 54.4 Å². The Hall–Kier alpha value is -1.79. The lowest BCUT2D eigenvalue weighted by atomic mass is 10.1. The molecule has 0 bridgehead atoms. The van der Waals surface area contributed by atoms with Gasteiger partial charge in [-0.05, 0) is 35.4 Å². The van der Waals surface area contributed by atoms with Gasteiger partial charge in [-0.3, -0.25) is 4.55 Å². The number of benzene rings is 2. The highest BCUT2D eigenvalue weighted by Gasteiger charge is 2.11. The summed E-state index contributed by atoms with van der Waals surface area (Å²) in [6.45, 7) is 0. The van der Waals surface area contributed by atoms with Crippen LogP contribution in [0, 0.1) is 11.6 Å². The maximum atomic E-state index is 13.1. The summed E-state index contributed by atoms with van der Waals surface area (Å²) < 4.78 is 56.6. The first-order chi connectivity index (χ1) is 8.38. The molecule has 0 atom stereocenters. The van der Waals surface area contributed by atoms with Gasteiger partial charge < -0.3 is 0 Å². The first-order valence-corrected chi connectivity index (χ1v) is 6.35. The second-order valence-corrected chi connectivity index (χ2v) is 5.05. The Morgan fingerprint density at radius 1 is 0.889 bits per heavy atom. The first-order valence-electron chi connectivity index (χ1n) is 4.91. The standard InChI is InChI=1S/C12H8F2O3S/c13-11-5-4-9(7-12(11)14)8-2-1-3-10(6-8)18(15,16)17/h1-7H,(H,15,16,17). The van der Waals surface area contributed by atoms with Crippen LogP contribution in [0.25, 0.3) is 11.1 Å². The molecule has 3 nitrogen and oxygen atoms in total. The van der Waals surface area contributed by atoms with E-state index in [9.17, 15) is 17.2 Å². The van der Waals surface area contributed by atoms with E-state index in [0.29, 0.717) is 11.1 Å². The Morgan fingerprint density at radius 2 is 1.56 bits per heavy atom. The third-order valence-corrected chi connectivity index (χ3v) is 3.23. The number of rotatable bonds is 2. The van der Waals surface area contributed by atoms with Crippen molar-refractivity contribution in [1.82, 2.24) is 0 Å². The molecule has 18 heavy (non-hydrogen) atoms. The molecule has 2 aromatic carbocycles. The average Bonchev–Trinajstić information content (AvgIpc) is 2.32. The lowest BCUT2D eigenvalue weighted by Gasteiger charge is -2.04. The van der Waals surface area contributed by atoms with Crippen molar-refractivity contribution in [1.29, 1.82) is 0 Å². The van der Waals surface area contributed by atoms with Gasteiger partial charge >= 0.3 is 0 Å². The van der Waals surface area contributed by atoms with Gasteiger partial charge in [0.05, 0.1) is 4.90 Å². The summed E-state index contributed by atoms with van der Waals surface area (Å²) in [7, 11) is -4.32. The Kier molecular flexibility index (Phi) is 3.14. The molecule has 0 aliphatic carbocycles. The van der Waals surface area contributed by atoms with Gasteiger partial charge in [-0.2, -0.15) is 8.42 Å². The van der Waals surface area contributed by atoms with Gasteiger partial charge in [0.15, 0.2) is 11.6 Å². The molecule has 0 unspecified atom stereocenters. The minimum absolute atomic E-state index is 0.301. The molecule has 0 aliphatic heterocycles. The van der Waals surface area contributed by atoms with E-state index in [1.807, 2.05) is 0 Å². The molecule has 6 heteroatoms. The van der Waals surface area contributed by atoms with Crippen molar-refractivity contribution in [2.75, 3.05) is 0 Å². The van der Waals surface area contributed by atoms with Gasteiger partial charge in [0.1, 0.15) is 0 Å².